The number of nitrogen functional groups attached to an aromatic ring is 1. The first kappa shape index (κ1) is 14.5. The van der Waals surface area contributed by atoms with Gasteiger partial charge in [0.25, 0.3) is 0 Å². The van der Waals surface area contributed by atoms with E-state index >= 15 is 0 Å². The molecule has 1 unspecified atom stereocenters. The fourth-order valence-corrected chi connectivity index (χ4v) is 1.91. The van der Waals surface area contributed by atoms with Crippen LogP contribution in [-0.4, -0.2) is 28.9 Å². The third-order valence-corrected chi connectivity index (χ3v) is 3.05. The first-order chi connectivity index (χ1) is 8.40. The molecular weight excluding hydrogens is 226 g/mol. The van der Waals surface area contributed by atoms with E-state index in [9.17, 15) is 4.79 Å². The van der Waals surface area contributed by atoms with Gasteiger partial charge in [0.15, 0.2) is 0 Å². The van der Waals surface area contributed by atoms with Crippen LogP contribution in [0.1, 0.15) is 32.9 Å². The summed E-state index contributed by atoms with van der Waals surface area (Å²) in [7, 11) is 1.85. The molecule has 0 aliphatic rings. The Hall–Kier alpha value is -1.58. The summed E-state index contributed by atoms with van der Waals surface area (Å²) < 4.78 is 0. The monoisotopic (exact) mass is 249 g/mol. The average molecular weight is 249 g/mol. The van der Waals surface area contributed by atoms with Gasteiger partial charge in [-0.25, -0.2) is 0 Å². The highest BCUT2D eigenvalue weighted by Crippen LogP contribution is 2.11. The van der Waals surface area contributed by atoms with Crippen molar-refractivity contribution in [3.8, 4) is 0 Å². The summed E-state index contributed by atoms with van der Waals surface area (Å²) in [6, 6.07) is 3.83. The number of amides is 1. The van der Waals surface area contributed by atoms with Crippen molar-refractivity contribution >= 4 is 11.6 Å². The molecule has 1 amide bonds. The van der Waals surface area contributed by atoms with Crippen LogP contribution in [0.3, 0.4) is 0 Å². The Morgan fingerprint density at radius 1 is 1.39 bits per heavy atom. The van der Waals surface area contributed by atoms with Gasteiger partial charge in [-0.15, -0.1) is 0 Å². The van der Waals surface area contributed by atoms with E-state index in [4.69, 9.17) is 5.73 Å². The molecule has 0 saturated carbocycles. The van der Waals surface area contributed by atoms with Gasteiger partial charge < -0.3 is 10.6 Å². The van der Waals surface area contributed by atoms with Crippen LogP contribution in [0.15, 0.2) is 18.3 Å². The van der Waals surface area contributed by atoms with Crippen molar-refractivity contribution in [2.24, 2.45) is 5.92 Å². The van der Waals surface area contributed by atoms with E-state index < -0.39 is 0 Å². The lowest BCUT2D eigenvalue weighted by Gasteiger charge is -2.26. The van der Waals surface area contributed by atoms with Gasteiger partial charge in [0.05, 0.1) is 18.3 Å². The van der Waals surface area contributed by atoms with E-state index in [1.165, 1.54) is 0 Å². The maximum Gasteiger partial charge on any atom is 0.228 e. The summed E-state index contributed by atoms with van der Waals surface area (Å²) in [5, 5.41) is 0. The lowest BCUT2D eigenvalue weighted by molar-refractivity contribution is -0.131. The highest BCUT2D eigenvalue weighted by Gasteiger charge is 2.17. The number of nitrogens with zero attached hydrogens (tertiary/aromatic N) is 2. The summed E-state index contributed by atoms with van der Waals surface area (Å²) >= 11 is 0. The summed E-state index contributed by atoms with van der Waals surface area (Å²) in [5.74, 6) is 0.685. The van der Waals surface area contributed by atoms with E-state index in [0.29, 0.717) is 18.0 Å². The largest absolute Gasteiger partial charge is 0.397 e. The molecule has 1 atom stereocenters. The van der Waals surface area contributed by atoms with Crippen LogP contribution in [0.25, 0.3) is 0 Å². The number of hydrogen-bond acceptors (Lipinski definition) is 3. The first-order valence-electron chi connectivity index (χ1n) is 6.36. The Morgan fingerprint density at radius 3 is 2.56 bits per heavy atom. The number of likely N-dealkylation sites (N-methyl/N-ethyl adjacent to an activating group) is 1. The molecule has 0 fully saturated rings. The van der Waals surface area contributed by atoms with Gasteiger partial charge in [-0.3, -0.25) is 9.78 Å². The topological polar surface area (TPSA) is 59.2 Å². The van der Waals surface area contributed by atoms with Crippen LogP contribution in [0.5, 0.6) is 0 Å². The number of rotatable bonds is 5. The standard InChI is InChI=1S/C14H23N3O/c1-10(2)7-11(3)17(4)14(18)8-13-6-5-12(15)9-16-13/h5-6,9-11H,7-8,15H2,1-4H3. The lowest BCUT2D eigenvalue weighted by atomic mass is 10.0. The maximum absolute atomic E-state index is 12.1. The van der Waals surface area contributed by atoms with Crippen LogP contribution >= 0.6 is 0 Å². The molecule has 0 radical (unpaired) electrons. The SMILES string of the molecule is CC(C)CC(C)N(C)C(=O)Cc1ccc(N)cn1. The van der Waals surface area contributed by atoms with E-state index in [1.54, 1.807) is 23.2 Å². The summed E-state index contributed by atoms with van der Waals surface area (Å²) in [6.07, 6.45) is 2.93. The first-order valence-corrected chi connectivity index (χ1v) is 6.36. The zero-order valence-corrected chi connectivity index (χ0v) is 11.7. The van der Waals surface area contributed by atoms with Gasteiger partial charge >= 0.3 is 0 Å². The zero-order chi connectivity index (χ0) is 13.7. The number of aromatic nitrogens is 1. The molecule has 0 aliphatic heterocycles. The minimum atomic E-state index is 0.0976. The molecule has 1 aromatic heterocycles. The molecule has 2 N–H and O–H groups in total. The molecule has 0 saturated heterocycles. The Labute approximate surface area is 109 Å². The van der Waals surface area contributed by atoms with Crippen molar-refractivity contribution in [2.75, 3.05) is 12.8 Å². The van der Waals surface area contributed by atoms with Gasteiger partial charge in [-0.05, 0) is 31.4 Å². The molecule has 1 rings (SSSR count). The van der Waals surface area contributed by atoms with Crippen molar-refractivity contribution in [3.63, 3.8) is 0 Å². The Bertz CT molecular complexity index is 387. The molecular formula is C14H23N3O. The second-order valence-electron chi connectivity index (χ2n) is 5.24. The molecule has 4 nitrogen and oxygen atoms in total. The minimum Gasteiger partial charge on any atom is -0.397 e. The van der Waals surface area contributed by atoms with Crippen molar-refractivity contribution in [3.05, 3.63) is 24.0 Å². The summed E-state index contributed by atoms with van der Waals surface area (Å²) in [4.78, 5) is 18.0. The molecule has 0 aromatic carbocycles. The molecule has 0 spiro atoms. The van der Waals surface area contributed by atoms with Crippen LogP contribution < -0.4 is 5.73 Å². The minimum absolute atomic E-state index is 0.0976. The number of anilines is 1. The highest BCUT2D eigenvalue weighted by molar-refractivity contribution is 5.78. The second-order valence-corrected chi connectivity index (χ2v) is 5.24. The normalized spacial score (nSPS) is 12.5. The molecule has 100 valence electrons. The number of pyridine rings is 1. The lowest BCUT2D eigenvalue weighted by Crippen LogP contribution is -2.37. The van der Waals surface area contributed by atoms with Gasteiger partial charge in [0.1, 0.15) is 0 Å². The van der Waals surface area contributed by atoms with Crippen molar-refractivity contribution in [2.45, 2.75) is 39.7 Å². The molecule has 4 heteroatoms. The van der Waals surface area contributed by atoms with Crippen molar-refractivity contribution < 1.29 is 4.79 Å². The van der Waals surface area contributed by atoms with Crippen LogP contribution in [0, 0.1) is 5.92 Å². The summed E-state index contributed by atoms with van der Waals surface area (Å²) in [6.45, 7) is 6.40. The average Bonchev–Trinajstić information content (AvgIpc) is 2.30. The van der Waals surface area contributed by atoms with E-state index in [-0.39, 0.29) is 11.9 Å². The van der Waals surface area contributed by atoms with Gasteiger partial charge in [-0.1, -0.05) is 13.8 Å². The zero-order valence-electron chi connectivity index (χ0n) is 11.7. The second kappa shape index (κ2) is 6.38. The van der Waals surface area contributed by atoms with Crippen LogP contribution in [-0.2, 0) is 11.2 Å². The van der Waals surface area contributed by atoms with Crippen LogP contribution in [0.2, 0.25) is 0 Å². The molecule has 1 heterocycles. The number of hydrogen-bond donors (Lipinski definition) is 1. The van der Waals surface area contributed by atoms with Gasteiger partial charge in [0, 0.05) is 18.8 Å². The number of carbonyl (C=O) groups excluding carboxylic acids is 1. The van der Waals surface area contributed by atoms with E-state index in [2.05, 4.69) is 25.8 Å². The quantitative estimate of drug-likeness (QED) is 0.869. The Balaban J connectivity index is 2.56. The molecule has 0 bridgehead atoms. The Kier molecular flexibility index (Phi) is 5.13. The molecule has 0 aliphatic carbocycles. The van der Waals surface area contributed by atoms with Gasteiger partial charge in [-0.2, -0.15) is 0 Å². The highest BCUT2D eigenvalue weighted by atomic mass is 16.2. The summed E-state index contributed by atoms with van der Waals surface area (Å²) in [5.41, 5.74) is 6.94. The smallest absolute Gasteiger partial charge is 0.228 e. The third kappa shape index (κ3) is 4.35. The number of nitrogens with two attached hydrogens (primary N) is 1. The van der Waals surface area contributed by atoms with E-state index in [1.807, 2.05) is 7.05 Å². The Morgan fingerprint density at radius 2 is 2.06 bits per heavy atom. The predicted molar refractivity (Wildman–Crippen MR) is 74.0 cm³/mol. The fraction of sp³-hybridized carbons (Fsp3) is 0.571. The maximum atomic E-state index is 12.1. The fourth-order valence-electron chi connectivity index (χ4n) is 1.91. The van der Waals surface area contributed by atoms with Crippen LogP contribution in [0.4, 0.5) is 5.69 Å². The number of carbonyl (C=O) groups is 1. The van der Waals surface area contributed by atoms with Gasteiger partial charge in [0.2, 0.25) is 5.91 Å². The predicted octanol–water partition coefficient (Wildman–Crippen LogP) is 2.10. The third-order valence-electron chi connectivity index (χ3n) is 3.05. The molecule has 18 heavy (non-hydrogen) atoms. The van der Waals surface area contributed by atoms with Crippen molar-refractivity contribution in [1.82, 2.24) is 9.88 Å². The van der Waals surface area contributed by atoms with Crippen molar-refractivity contribution in [1.29, 1.82) is 0 Å². The van der Waals surface area contributed by atoms with E-state index in [0.717, 1.165) is 12.1 Å². The molecule has 1 aromatic rings.